The van der Waals surface area contributed by atoms with Crippen LogP contribution in [0.25, 0.3) is 0 Å². The normalized spacial score (nSPS) is 14.8. The lowest BCUT2D eigenvalue weighted by Crippen LogP contribution is -2.12. The lowest BCUT2D eigenvalue weighted by atomic mass is 9.94. The van der Waals surface area contributed by atoms with Crippen LogP contribution in [0.15, 0.2) is 42.5 Å². The van der Waals surface area contributed by atoms with Gasteiger partial charge in [0, 0.05) is 5.69 Å². The van der Waals surface area contributed by atoms with Crippen molar-refractivity contribution in [2.75, 3.05) is 5.32 Å². The van der Waals surface area contributed by atoms with E-state index in [4.69, 9.17) is 5.73 Å². The fourth-order valence-electron chi connectivity index (χ4n) is 2.76. The van der Waals surface area contributed by atoms with Crippen molar-refractivity contribution in [3.8, 4) is 0 Å². The van der Waals surface area contributed by atoms with E-state index in [2.05, 4.69) is 24.4 Å². The number of carbonyl (C=O) groups is 1. The average Bonchev–Trinajstić information content (AvgIpc) is 2.86. The Kier molecular flexibility index (Phi) is 3.28. The van der Waals surface area contributed by atoms with Crippen molar-refractivity contribution >= 4 is 11.6 Å². The standard InChI is InChI=1S/C17H18N2O/c1-2-11-8-13(9-14-10-15(20)19-17(11)14)16(18)12-6-4-3-5-7-12/h3-9,16H,2,10,18H2,1H3,(H,19,20). The minimum Gasteiger partial charge on any atom is -0.325 e. The first-order chi connectivity index (χ1) is 9.69. The highest BCUT2D eigenvalue weighted by Gasteiger charge is 2.22. The van der Waals surface area contributed by atoms with Crippen molar-refractivity contribution in [2.45, 2.75) is 25.8 Å². The average molecular weight is 266 g/mol. The first-order valence-electron chi connectivity index (χ1n) is 6.95. The van der Waals surface area contributed by atoms with E-state index in [-0.39, 0.29) is 11.9 Å². The molecule has 0 bridgehead atoms. The van der Waals surface area contributed by atoms with Crippen LogP contribution >= 0.6 is 0 Å². The highest BCUT2D eigenvalue weighted by Crippen LogP contribution is 2.32. The molecule has 2 aromatic rings. The lowest BCUT2D eigenvalue weighted by Gasteiger charge is -2.16. The zero-order valence-corrected chi connectivity index (χ0v) is 11.5. The maximum Gasteiger partial charge on any atom is 0.228 e. The maximum absolute atomic E-state index is 11.6. The van der Waals surface area contributed by atoms with Crippen molar-refractivity contribution in [1.82, 2.24) is 0 Å². The van der Waals surface area contributed by atoms with E-state index in [1.54, 1.807) is 0 Å². The Morgan fingerprint density at radius 2 is 1.95 bits per heavy atom. The van der Waals surface area contributed by atoms with Crippen LogP contribution in [-0.2, 0) is 17.6 Å². The van der Waals surface area contributed by atoms with E-state index in [0.717, 1.165) is 34.4 Å². The molecule has 1 atom stereocenters. The van der Waals surface area contributed by atoms with Crippen LogP contribution in [0.1, 0.15) is 35.2 Å². The number of fused-ring (bicyclic) bond motifs is 1. The number of anilines is 1. The molecule has 2 aromatic carbocycles. The molecule has 0 aliphatic carbocycles. The van der Waals surface area contributed by atoms with Gasteiger partial charge in [-0.1, -0.05) is 49.4 Å². The lowest BCUT2D eigenvalue weighted by molar-refractivity contribution is -0.115. The van der Waals surface area contributed by atoms with E-state index in [1.165, 1.54) is 0 Å². The van der Waals surface area contributed by atoms with Crippen molar-refractivity contribution in [2.24, 2.45) is 5.73 Å². The van der Waals surface area contributed by atoms with Gasteiger partial charge in [-0.2, -0.15) is 0 Å². The summed E-state index contributed by atoms with van der Waals surface area (Å²) in [6.45, 7) is 2.10. The molecule has 3 nitrogen and oxygen atoms in total. The number of carbonyl (C=O) groups excluding carboxylic acids is 1. The van der Waals surface area contributed by atoms with Crippen molar-refractivity contribution in [1.29, 1.82) is 0 Å². The smallest absolute Gasteiger partial charge is 0.228 e. The molecule has 0 fully saturated rings. The van der Waals surface area contributed by atoms with Crippen molar-refractivity contribution < 1.29 is 4.79 Å². The van der Waals surface area contributed by atoms with Gasteiger partial charge >= 0.3 is 0 Å². The molecule has 1 heterocycles. The molecule has 0 saturated heterocycles. The SMILES string of the molecule is CCc1cc(C(N)c2ccccc2)cc2c1NC(=O)C2. The van der Waals surface area contributed by atoms with Gasteiger partial charge in [-0.3, -0.25) is 4.79 Å². The molecule has 1 aliphatic heterocycles. The van der Waals surface area contributed by atoms with Gasteiger partial charge in [-0.25, -0.2) is 0 Å². The van der Waals surface area contributed by atoms with E-state index in [0.29, 0.717) is 6.42 Å². The summed E-state index contributed by atoms with van der Waals surface area (Å²) in [5.41, 5.74) is 11.7. The fourth-order valence-corrected chi connectivity index (χ4v) is 2.76. The summed E-state index contributed by atoms with van der Waals surface area (Å²) < 4.78 is 0. The number of nitrogens with one attached hydrogen (secondary N) is 1. The van der Waals surface area contributed by atoms with Crippen LogP contribution in [0.4, 0.5) is 5.69 Å². The van der Waals surface area contributed by atoms with E-state index >= 15 is 0 Å². The number of hydrogen-bond donors (Lipinski definition) is 2. The van der Waals surface area contributed by atoms with E-state index in [1.807, 2.05) is 30.3 Å². The molecule has 1 amide bonds. The third-order valence-electron chi connectivity index (χ3n) is 3.84. The fraction of sp³-hybridized carbons (Fsp3) is 0.235. The van der Waals surface area contributed by atoms with Crippen LogP contribution in [-0.4, -0.2) is 5.91 Å². The summed E-state index contributed by atoms with van der Waals surface area (Å²) in [7, 11) is 0. The highest BCUT2D eigenvalue weighted by atomic mass is 16.1. The van der Waals surface area contributed by atoms with Crippen molar-refractivity contribution in [3.05, 3.63) is 64.7 Å². The van der Waals surface area contributed by atoms with Gasteiger partial charge in [0.1, 0.15) is 0 Å². The molecule has 0 saturated carbocycles. The van der Waals surface area contributed by atoms with Gasteiger partial charge in [-0.05, 0) is 28.7 Å². The third-order valence-corrected chi connectivity index (χ3v) is 3.84. The molecule has 3 rings (SSSR count). The van der Waals surface area contributed by atoms with Crippen LogP contribution in [0.3, 0.4) is 0 Å². The number of amides is 1. The molecular formula is C17H18N2O. The topological polar surface area (TPSA) is 55.1 Å². The summed E-state index contributed by atoms with van der Waals surface area (Å²) in [6, 6.07) is 14.1. The first kappa shape index (κ1) is 12.9. The zero-order chi connectivity index (χ0) is 14.1. The quantitative estimate of drug-likeness (QED) is 0.897. The van der Waals surface area contributed by atoms with Gasteiger partial charge in [0.15, 0.2) is 0 Å². The largest absolute Gasteiger partial charge is 0.325 e. The van der Waals surface area contributed by atoms with Crippen LogP contribution in [0.2, 0.25) is 0 Å². The second-order valence-electron chi connectivity index (χ2n) is 5.18. The monoisotopic (exact) mass is 266 g/mol. The van der Waals surface area contributed by atoms with Crippen LogP contribution in [0.5, 0.6) is 0 Å². The minimum absolute atomic E-state index is 0.0696. The Morgan fingerprint density at radius 3 is 2.65 bits per heavy atom. The van der Waals surface area contributed by atoms with E-state index in [9.17, 15) is 4.79 Å². The number of benzene rings is 2. The Hall–Kier alpha value is -2.13. The van der Waals surface area contributed by atoms with Crippen LogP contribution < -0.4 is 11.1 Å². The van der Waals surface area contributed by atoms with Crippen molar-refractivity contribution in [3.63, 3.8) is 0 Å². The maximum atomic E-state index is 11.6. The third kappa shape index (κ3) is 2.21. The second-order valence-corrected chi connectivity index (χ2v) is 5.18. The summed E-state index contributed by atoms with van der Waals surface area (Å²) >= 11 is 0. The van der Waals surface area contributed by atoms with Crippen LogP contribution in [0, 0.1) is 0 Å². The number of aryl methyl sites for hydroxylation is 1. The Bertz CT molecular complexity index is 650. The Morgan fingerprint density at radius 1 is 1.20 bits per heavy atom. The van der Waals surface area contributed by atoms with Gasteiger partial charge in [-0.15, -0.1) is 0 Å². The molecule has 102 valence electrons. The van der Waals surface area contributed by atoms with Gasteiger partial charge in [0.25, 0.3) is 0 Å². The Balaban J connectivity index is 2.03. The summed E-state index contributed by atoms with van der Waals surface area (Å²) in [5.74, 6) is 0.0696. The van der Waals surface area contributed by atoms with E-state index < -0.39 is 0 Å². The summed E-state index contributed by atoms with van der Waals surface area (Å²) in [4.78, 5) is 11.6. The molecule has 1 unspecified atom stereocenters. The molecule has 1 aliphatic rings. The Labute approximate surface area is 118 Å². The van der Waals surface area contributed by atoms with Gasteiger partial charge < -0.3 is 11.1 Å². The summed E-state index contributed by atoms with van der Waals surface area (Å²) in [5, 5.41) is 2.94. The molecule has 0 radical (unpaired) electrons. The number of nitrogens with two attached hydrogens (primary N) is 1. The molecule has 0 spiro atoms. The highest BCUT2D eigenvalue weighted by molar-refractivity contribution is 6.00. The van der Waals surface area contributed by atoms with Gasteiger partial charge in [0.05, 0.1) is 12.5 Å². The molecule has 3 N–H and O–H groups in total. The predicted octanol–water partition coefficient (Wildman–Crippen LogP) is 2.79. The number of hydrogen-bond acceptors (Lipinski definition) is 2. The first-order valence-corrected chi connectivity index (χ1v) is 6.95. The number of rotatable bonds is 3. The molecule has 0 aromatic heterocycles. The summed E-state index contributed by atoms with van der Waals surface area (Å²) in [6.07, 6.45) is 1.34. The predicted molar refractivity (Wildman–Crippen MR) is 80.6 cm³/mol. The second kappa shape index (κ2) is 5.10. The molecule has 3 heteroatoms. The zero-order valence-electron chi connectivity index (χ0n) is 11.5. The molecular weight excluding hydrogens is 248 g/mol. The molecule has 20 heavy (non-hydrogen) atoms. The van der Waals surface area contributed by atoms with Gasteiger partial charge in [0.2, 0.25) is 5.91 Å². The minimum atomic E-state index is -0.150.